The van der Waals surface area contributed by atoms with Crippen LogP contribution in [0, 0.1) is 6.92 Å². The third-order valence-electron chi connectivity index (χ3n) is 3.96. The molecular formula is C18H17ClN2O3S2. The molecule has 1 amide bonds. The van der Waals surface area contributed by atoms with Crippen LogP contribution in [-0.2, 0) is 9.84 Å². The fourth-order valence-corrected chi connectivity index (χ4v) is 4.73. The highest BCUT2D eigenvalue weighted by molar-refractivity contribution is 7.92. The lowest BCUT2D eigenvalue weighted by Crippen LogP contribution is -2.16. The first kappa shape index (κ1) is 18.8. The Kier molecular flexibility index (Phi) is 5.05. The van der Waals surface area contributed by atoms with E-state index in [1.807, 2.05) is 13.0 Å². The molecule has 136 valence electrons. The van der Waals surface area contributed by atoms with Crippen LogP contribution in [0.15, 0.2) is 41.3 Å². The summed E-state index contributed by atoms with van der Waals surface area (Å²) in [5.41, 5.74) is 1.97. The van der Waals surface area contributed by atoms with Gasteiger partial charge in [0, 0.05) is 5.56 Å². The van der Waals surface area contributed by atoms with Crippen LogP contribution in [0.3, 0.4) is 0 Å². The average Bonchev–Trinajstić information content (AvgIpc) is 3.03. The van der Waals surface area contributed by atoms with Crippen LogP contribution in [0.25, 0.3) is 10.2 Å². The number of thiazole rings is 1. The summed E-state index contributed by atoms with van der Waals surface area (Å²) in [4.78, 5) is 17.1. The van der Waals surface area contributed by atoms with Crippen LogP contribution >= 0.6 is 22.9 Å². The van der Waals surface area contributed by atoms with Gasteiger partial charge in [-0.1, -0.05) is 35.1 Å². The van der Waals surface area contributed by atoms with Crippen molar-refractivity contribution in [2.75, 3.05) is 5.32 Å². The number of nitrogens with one attached hydrogen (secondary N) is 1. The van der Waals surface area contributed by atoms with Crippen molar-refractivity contribution in [3.05, 3.63) is 52.5 Å². The maximum absolute atomic E-state index is 12.5. The molecule has 26 heavy (non-hydrogen) atoms. The summed E-state index contributed by atoms with van der Waals surface area (Å²) in [5.74, 6) is -0.418. The first-order chi connectivity index (χ1) is 12.2. The summed E-state index contributed by atoms with van der Waals surface area (Å²) in [6.07, 6.45) is 0. The molecule has 0 fully saturated rings. The van der Waals surface area contributed by atoms with Crippen molar-refractivity contribution >= 4 is 54.0 Å². The Bertz CT molecular complexity index is 1070. The van der Waals surface area contributed by atoms with Crippen molar-refractivity contribution in [1.29, 1.82) is 0 Å². The smallest absolute Gasteiger partial charge is 0.257 e. The van der Waals surface area contributed by atoms with Crippen molar-refractivity contribution in [2.45, 2.75) is 30.9 Å². The van der Waals surface area contributed by atoms with Crippen molar-refractivity contribution in [3.63, 3.8) is 0 Å². The van der Waals surface area contributed by atoms with Crippen LogP contribution < -0.4 is 5.32 Å². The molecule has 1 heterocycles. The van der Waals surface area contributed by atoms with Gasteiger partial charge >= 0.3 is 0 Å². The van der Waals surface area contributed by atoms with Gasteiger partial charge in [-0.25, -0.2) is 13.4 Å². The van der Waals surface area contributed by atoms with E-state index >= 15 is 0 Å². The number of halogens is 1. The number of carbonyl (C=O) groups is 1. The largest absolute Gasteiger partial charge is 0.298 e. The van der Waals surface area contributed by atoms with Crippen molar-refractivity contribution in [1.82, 2.24) is 4.98 Å². The van der Waals surface area contributed by atoms with Crippen LogP contribution in [0.1, 0.15) is 29.8 Å². The molecule has 0 bridgehead atoms. The SMILES string of the molecule is Cc1ccc(Cl)c2sc(NC(=O)c3cccc(S(=O)(=O)C(C)C)c3)nc12. The Morgan fingerprint density at radius 3 is 2.62 bits per heavy atom. The highest BCUT2D eigenvalue weighted by atomic mass is 35.5. The van der Waals surface area contributed by atoms with Crippen molar-refractivity contribution in [2.24, 2.45) is 0 Å². The molecule has 0 aliphatic rings. The van der Waals surface area contributed by atoms with Crippen LogP contribution in [0.5, 0.6) is 0 Å². The molecule has 1 aromatic heterocycles. The van der Waals surface area contributed by atoms with Crippen LogP contribution in [0.4, 0.5) is 5.13 Å². The number of aryl methyl sites for hydroxylation is 1. The summed E-state index contributed by atoms with van der Waals surface area (Å²) in [7, 11) is -3.45. The van der Waals surface area contributed by atoms with Gasteiger partial charge in [-0.3, -0.25) is 10.1 Å². The van der Waals surface area contributed by atoms with E-state index in [0.717, 1.165) is 15.8 Å². The maximum atomic E-state index is 12.5. The van der Waals surface area contributed by atoms with Gasteiger partial charge in [0.15, 0.2) is 15.0 Å². The number of nitrogens with zero attached hydrogens (tertiary/aromatic N) is 1. The van der Waals surface area contributed by atoms with E-state index < -0.39 is 21.0 Å². The first-order valence-electron chi connectivity index (χ1n) is 7.91. The minimum Gasteiger partial charge on any atom is -0.298 e. The summed E-state index contributed by atoms with van der Waals surface area (Å²) in [6.45, 7) is 5.13. The maximum Gasteiger partial charge on any atom is 0.257 e. The average molecular weight is 409 g/mol. The highest BCUT2D eigenvalue weighted by Crippen LogP contribution is 2.34. The number of fused-ring (bicyclic) bond motifs is 1. The molecule has 0 aliphatic heterocycles. The Morgan fingerprint density at radius 2 is 1.96 bits per heavy atom. The zero-order chi connectivity index (χ0) is 19.1. The molecule has 3 rings (SSSR count). The predicted octanol–water partition coefficient (Wildman–Crippen LogP) is 4.69. The molecule has 3 aromatic rings. The lowest BCUT2D eigenvalue weighted by Gasteiger charge is -2.09. The van der Waals surface area contributed by atoms with E-state index in [-0.39, 0.29) is 10.5 Å². The van der Waals surface area contributed by atoms with Gasteiger partial charge < -0.3 is 0 Å². The minimum atomic E-state index is -3.45. The van der Waals surface area contributed by atoms with Crippen molar-refractivity contribution < 1.29 is 13.2 Å². The fraction of sp³-hybridized carbons (Fsp3) is 0.222. The topological polar surface area (TPSA) is 76.1 Å². The number of amides is 1. The second-order valence-electron chi connectivity index (χ2n) is 6.14. The van der Waals surface area contributed by atoms with E-state index in [1.165, 1.54) is 23.5 Å². The van der Waals surface area contributed by atoms with E-state index in [2.05, 4.69) is 10.3 Å². The number of sulfone groups is 1. The molecule has 0 atom stereocenters. The Hall–Kier alpha value is -1.96. The van der Waals surface area contributed by atoms with E-state index in [0.29, 0.717) is 10.2 Å². The number of aromatic nitrogens is 1. The number of benzene rings is 2. The summed E-state index contributed by atoms with van der Waals surface area (Å²) in [6, 6.07) is 9.67. The van der Waals surface area contributed by atoms with Gasteiger partial charge in [0.2, 0.25) is 0 Å². The fourth-order valence-electron chi connectivity index (χ4n) is 2.41. The van der Waals surface area contributed by atoms with Crippen molar-refractivity contribution in [3.8, 4) is 0 Å². The molecule has 5 nitrogen and oxygen atoms in total. The van der Waals surface area contributed by atoms with E-state index in [9.17, 15) is 13.2 Å². The van der Waals surface area contributed by atoms with Gasteiger partial charge in [-0.2, -0.15) is 0 Å². The Morgan fingerprint density at radius 1 is 1.23 bits per heavy atom. The third kappa shape index (κ3) is 3.47. The van der Waals surface area contributed by atoms with Gasteiger partial charge in [-0.05, 0) is 50.6 Å². The highest BCUT2D eigenvalue weighted by Gasteiger charge is 2.21. The predicted molar refractivity (Wildman–Crippen MR) is 106 cm³/mol. The molecular weight excluding hydrogens is 392 g/mol. The monoisotopic (exact) mass is 408 g/mol. The second kappa shape index (κ2) is 6.98. The molecule has 0 unspecified atom stereocenters. The molecule has 0 radical (unpaired) electrons. The first-order valence-corrected chi connectivity index (χ1v) is 10.6. The van der Waals surface area contributed by atoms with Crippen LogP contribution in [-0.4, -0.2) is 24.6 Å². The van der Waals surface area contributed by atoms with Gasteiger partial charge in [0.05, 0.1) is 25.4 Å². The minimum absolute atomic E-state index is 0.128. The normalized spacial score (nSPS) is 11.9. The standard InChI is InChI=1S/C18H17ClN2O3S2/c1-10(2)26(23,24)13-6-4-5-12(9-13)17(22)21-18-20-15-11(3)7-8-14(19)16(15)25-18/h4-10H,1-3H3,(H,20,21,22). The van der Waals surface area contributed by atoms with E-state index in [4.69, 9.17) is 11.6 Å². The lowest BCUT2D eigenvalue weighted by atomic mass is 10.2. The van der Waals surface area contributed by atoms with E-state index in [1.54, 1.807) is 32.0 Å². The Labute approximate surface area is 160 Å². The number of hydrogen-bond acceptors (Lipinski definition) is 5. The van der Waals surface area contributed by atoms with Gasteiger partial charge in [-0.15, -0.1) is 0 Å². The number of anilines is 1. The quantitative estimate of drug-likeness (QED) is 0.679. The molecule has 0 saturated carbocycles. The van der Waals surface area contributed by atoms with Crippen LogP contribution in [0.2, 0.25) is 5.02 Å². The number of rotatable bonds is 4. The molecule has 0 saturated heterocycles. The van der Waals surface area contributed by atoms with Gasteiger partial charge in [0.1, 0.15) is 0 Å². The molecule has 0 aliphatic carbocycles. The second-order valence-corrected chi connectivity index (χ2v) is 10.0. The van der Waals surface area contributed by atoms with Gasteiger partial charge in [0.25, 0.3) is 5.91 Å². The third-order valence-corrected chi connectivity index (χ3v) is 7.55. The lowest BCUT2D eigenvalue weighted by molar-refractivity contribution is 0.102. The number of carbonyl (C=O) groups excluding carboxylic acids is 1. The summed E-state index contributed by atoms with van der Waals surface area (Å²) < 4.78 is 25.4. The summed E-state index contributed by atoms with van der Waals surface area (Å²) >= 11 is 7.47. The molecule has 0 spiro atoms. The Balaban J connectivity index is 1.92. The summed E-state index contributed by atoms with van der Waals surface area (Å²) in [5, 5.41) is 3.16. The number of hydrogen-bond donors (Lipinski definition) is 1. The molecule has 1 N–H and O–H groups in total. The molecule has 2 aromatic carbocycles. The zero-order valence-corrected chi connectivity index (χ0v) is 16.8. The molecule has 8 heteroatoms. The zero-order valence-electron chi connectivity index (χ0n) is 14.4.